The summed E-state index contributed by atoms with van der Waals surface area (Å²) in [6, 6.07) is 0. The Kier molecular flexibility index (Phi) is 8.59. The summed E-state index contributed by atoms with van der Waals surface area (Å²) in [5.41, 5.74) is 0. The first-order chi connectivity index (χ1) is 6.62. The lowest BCUT2D eigenvalue weighted by atomic mass is 10.1. The van der Waals surface area contributed by atoms with Crippen molar-refractivity contribution in [2.45, 2.75) is 51.9 Å². The van der Waals surface area contributed by atoms with Gasteiger partial charge >= 0.3 is 0 Å². The van der Waals surface area contributed by atoms with Crippen LogP contribution < -0.4 is 0 Å². The highest BCUT2D eigenvalue weighted by Gasteiger charge is 2.09. The van der Waals surface area contributed by atoms with Crippen LogP contribution in [0.3, 0.4) is 0 Å². The van der Waals surface area contributed by atoms with Gasteiger partial charge in [-0.3, -0.25) is 0 Å². The average molecular weight is 216 g/mol. The van der Waals surface area contributed by atoms with Crippen LogP contribution in [0, 0.1) is 0 Å². The quantitative estimate of drug-likeness (QED) is 0.315. The number of unbranched alkanes of at least 4 members (excludes halogenated alkanes) is 6. The van der Waals surface area contributed by atoms with Crippen LogP contribution in [-0.4, -0.2) is 41.5 Å². The maximum atomic E-state index is 2.37. The van der Waals surface area contributed by atoms with Gasteiger partial charge in [0.15, 0.2) is 0 Å². The Morgan fingerprint density at radius 2 is 1.36 bits per heavy atom. The Bertz CT molecular complexity index is 123. The van der Waals surface area contributed by atoms with Crippen LogP contribution in [0.1, 0.15) is 51.9 Å². The van der Waals surface area contributed by atoms with Gasteiger partial charge < -0.3 is 4.48 Å². The second-order valence-electron chi connectivity index (χ2n) is 5.10. The first kappa shape index (κ1) is 14.2. The van der Waals surface area contributed by atoms with E-state index in [9.17, 15) is 0 Å². The monoisotopic (exact) mass is 216 g/mol. The van der Waals surface area contributed by atoms with E-state index in [-0.39, 0.29) is 0 Å². The zero-order valence-corrected chi connectivity index (χ0v) is 12.8. The van der Waals surface area contributed by atoms with Crippen molar-refractivity contribution < 1.29 is 4.48 Å². The van der Waals surface area contributed by atoms with Gasteiger partial charge in [0.25, 0.3) is 0 Å². The zero-order chi connectivity index (χ0) is 10.9. The molecule has 0 fully saturated rings. The Balaban J connectivity index is 3.13. The number of nitrogens with zero attached hydrogens (tertiary/aromatic N) is 1. The van der Waals surface area contributed by atoms with E-state index in [1.807, 2.05) is 0 Å². The normalized spacial score (nSPS) is 12.2. The van der Waals surface area contributed by atoms with E-state index in [2.05, 4.69) is 21.0 Å². The highest BCUT2D eigenvalue weighted by molar-refractivity contribution is 6.08. The van der Waals surface area contributed by atoms with Gasteiger partial charge in [0, 0.05) is 0 Å². The second-order valence-corrected chi connectivity index (χ2v) is 5.73. The molecule has 0 N–H and O–H groups in total. The number of rotatable bonds is 9. The molecule has 1 nitrogen and oxygen atoms in total. The number of hydrogen-bond donors (Lipinski definition) is 0. The van der Waals surface area contributed by atoms with Crippen molar-refractivity contribution in [3.63, 3.8) is 0 Å². The minimum Gasteiger partial charge on any atom is -0.333 e. The van der Waals surface area contributed by atoms with Gasteiger partial charge in [0.1, 0.15) is 0 Å². The Hall–Kier alpha value is 0.177. The fraction of sp³-hybridized carbons (Fsp3) is 1.00. The summed E-state index contributed by atoms with van der Waals surface area (Å²) < 4.78 is 1.25. The van der Waals surface area contributed by atoms with Crippen molar-refractivity contribution in [1.29, 1.82) is 0 Å². The molecule has 0 saturated heterocycles. The van der Waals surface area contributed by atoms with Crippen LogP contribution >= 0.6 is 0 Å². The Morgan fingerprint density at radius 3 is 1.86 bits per heavy atom. The fourth-order valence-corrected chi connectivity index (χ4v) is 1.97. The largest absolute Gasteiger partial charge is 0.333 e. The fourth-order valence-electron chi connectivity index (χ4n) is 1.66. The zero-order valence-electron chi connectivity index (χ0n) is 10.8. The van der Waals surface area contributed by atoms with Crippen molar-refractivity contribution in [2.24, 2.45) is 0 Å². The van der Waals surface area contributed by atoms with Gasteiger partial charge in [-0.1, -0.05) is 39.0 Å². The maximum Gasteiger partial charge on any atom is 0.0779 e. The molecule has 0 aliphatic carbocycles. The molecule has 0 saturated carbocycles. The predicted octanol–water partition coefficient (Wildman–Crippen LogP) is 2.14. The molecule has 0 radical (unpaired) electrons. The average Bonchev–Trinajstić information content (AvgIpc) is 2.16. The van der Waals surface area contributed by atoms with Gasteiger partial charge in [-0.25, -0.2) is 0 Å². The summed E-state index contributed by atoms with van der Waals surface area (Å²) in [5, 5.41) is 0. The van der Waals surface area contributed by atoms with Crippen molar-refractivity contribution in [2.75, 3.05) is 26.8 Å². The van der Waals surface area contributed by atoms with Gasteiger partial charge in [-0.05, 0) is 12.8 Å². The van der Waals surface area contributed by atoms with Crippen LogP contribution in [0.15, 0.2) is 0 Å². The SMILES string of the molecule is CCCCCCCCC[N+](C)(C)C[SiH3]. The third-order valence-corrected chi connectivity index (χ3v) is 4.94. The van der Waals surface area contributed by atoms with Crippen LogP contribution in [-0.2, 0) is 0 Å². The van der Waals surface area contributed by atoms with Crippen molar-refractivity contribution >= 4 is 10.2 Å². The van der Waals surface area contributed by atoms with Crippen molar-refractivity contribution in [3.05, 3.63) is 0 Å². The minimum absolute atomic E-state index is 1.25. The number of hydrogen-bond acceptors (Lipinski definition) is 0. The van der Waals surface area contributed by atoms with E-state index in [4.69, 9.17) is 0 Å². The predicted molar refractivity (Wildman–Crippen MR) is 69.8 cm³/mol. The molecule has 0 amide bonds. The molecule has 0 aromatic rings. The molecule has 0 aromatic carbocycles. The molecular formula is C12H30NSi+. The van der Waals surface area contributed by atoms with E-state index in [1.165, 1.54) is 72.4 Å². The standard InChI is InChI=1S/C12H30NSi/c1-4-5-6-7-8-9-10-11-13(2,3)12-14/h4-12H2,1-3,14H3/q+1. The molecule has 14 heavy (non-hydrogen) atoms. The van der Waals surface area contributed by atoms with E-state index in [1.54, 1.807) is 0 Å². The molecule has 0 unspecified atom stereocenters. The van der Waals surface area contributed by atoms with Crippen LogP contribution in [0.25, 0.3) is 0 Å². The maximum absolute atomic E-state index is 2.37. The molecule has 0 heterocycles. The summed E-state index contributed by atoms with van der Waals surface area (Å²) in [6.45, 7) is 3.67. The Morgan fingerprint density at radius 1 is 0.857 bits per heavy atom. The molecule has 0 atom stereocenters. The lowest BCUT2D eigenvalue weighted by Crippen LogP contribution is -2.41. The van der Waals surface area contributed by atoms with Gasteiger partial charge in [0.2, 0.25) is 0 Å². The third kappa shape index (κ3) is 8.76. The highest BCUT2D eigenvalue weighted by atomic mass is 28.1. The van der Waals surface area contributed by atoms with E-state index in [0.29, 0.717) is 0 Å². The summed E-state index contributed by atoms with van der Waals surface area (Å²) in [4.78, 5) is 0. The van der Waals surface area contributed by atoms with E-state index >= 15 is 0 Å². The molecule has 0 aliphatic heterocycles. The number of quaternary nitrogens is 1. The van der Waals surface area contributed by atoms with E-state index < -0.39 is 0 Å². The molecule has 86 valence electrons. The van der Waals surface area contributed by atoms with Gasteiger partial charge in [-0.15, -0.1) is 0 Å². The van der Waals surface area contributed by atoms with Crippen LogP contribution in [0.5, 0.6) is 0 Å². The minimum atomic E-state index is 1.25. The first-order valence-electron chi connectivity index (χ1n) is 6.44. The lowest BCUT2D eigenvalue weighted by Gasteiger charge is -2.28. The molecule has 0 rings (SSSR count). The van der Waals surface area contributed by atoms with Crippen molar-refractivity contribution in [1.82, 2.24) is 0 Å². The van der Waals surface area contributed by atoms with E-state index in [0.717, 1.165) is 0 Å². The third-order valence-electron chi connectivity index (χ3n) is 3.22. The highest BCUT2D eigenvalue weighted by Crippen LogP contribution is 2.08. The summed E-state index contributed by atoms with van der Waals surface area (Å²) in [6.07, 6.45) is 11.5. The lowest BCUT2D eigenvalue weighted by molar-refractivity contribution is -0.879. The molecule has 2 heteroatoms. The summed E-state index contributed by atoms with van der Waals surface area (Å²) in [5.74, 6) is 0. The summed E-state index contributed by atoms with van der Waals surface area (Å²) >= 11 is 0. The molecule has 0 spiro atoms. The molecule has 0 aliphatic rings. The van der Waals surface area contributed by atoms with Crippen LogP contribution in [0.4, 0.5) is 0 Å². The summed E-state index contributed by atoms with van der Waals surface area (Å²) in [7, 11) is 6.07. The topological polar surface area (TPSA) is 0 Å². The first-order valence-corrected chi connectivity index (χ1v) is 7.86. The van der Waals surface area contributed by atoms with Gasteiger partial charge in [-0.2, -0.15) is 0 Å². The molecular weight excluding hydrogens is 186 g/mol. The molecule has 0 aromatic heterocycles. The van der Waals surface area contributed by atoms with Gasteiger partial charge in [0.05, 0.1) is 37.1 Å². The second kappa shape index (κ2) is 8.48. The molecule has 0 bridgehead atoms. The van der Waals surface area contributed by atoms with Crippen molar-refractivity contribution in [3.8, 4) is 0 Å². The Labute approximate surface area is 93.9 Å². The smallest absolute Gasteiger partial charge is 0.0779 e. The van der Waals surface area contributed by atoms with Crippen LogP contribution in [0.2, 0.25) is 0 Å².